The van der Waals surface area contributed by atoms with Crippen molar-refractivity contribution < 1.29 is 45.9 Å². The lowest BCUT2D eigenvalue weighted by Crippen LogP contribution is -2.76. The summed E-state index contributed by atoms with van der Waals surface area (Å²) in [5, 5.41) is 14.4. The van der Waals surface area contributed by atoms with Crippen molar-refractivity contribution in [1.82, 2.24) is 20.4 Å². The predicted molar refractivity (Wildman–Crippen MR) is 129 cm³/mol. The molecule has 2 aliphatic carbocycles. The van der Waals surface area contributed by atoms with Crippen LogP contribution < -0.4 is 10.6 Å². The van der Waals surface area contributed by atoms with Crippen molar-refractivity contribution in [1.29, 1.82) is 5.26 Å². The van der Waals surface area contributed by atoms with Gasteiger partial charge in [0.05, 0.1) is 23.8 Å². The lowest BCUT2D eigenvalue weighted by Gasteiger charge is -2.54. The summed E-state index contributed by atoms with van der Waals surface area (Å²) >= 11 is 0. The highest BCUT2D eigenvalue weighted by Gasteiger charge is 2.90. The summed E-state index contributed by atoms with van der Waals surface area (Å²) in [5.41, 5.74) is -1.49. The molecule has 5 aliphatic rings. The topological polar surface area (TPSA) is 132 Å². The van der Waals surface area contributed by atoms with Crippen molar-refractivity contribution in [3.63, 3.8) is 0 Å². The van der Waals surface area contributed by atoms with Crippen molar-refractivity contribution in [2.75, 3.05) is 13.1 Å². The largest absolute Gasteiger partial charge is 0.471 e. The van der Waals surface area contributed by atoms with Crippen LogP contribution in [0.5, 0.6) is 0 Å². The van der Waals surface area contributed by atoms with Crippen molar-refractivity contribution in [2.45, 2.75) is 101 Å². The van der Waals surface area contributed by atoms with E-state index in [0.29, 0.717) is 13.0 Å². The van der Waals surface area contributed by atoms with Gasteiger partial charge in [0.1, 0.15) is 18.1 Å². The first-order chi connectivity index (χ1) is 19.0. The van der Waals surface area contributed by atoms with E-state index in [-0.39, 0.29) is 24.8 Å². The lowest BCUT2D eigenvalue weighted by molar-refractivity contribution is -0.192. The Labute approximate surface area is 232 Å². The highest BCUT2D eigenvalue weighted by Crippen LogP contribution is 2.76. The molecule has 0 aromatic rings. The minimum absolute atomic E-state index is 0.0204. The number of alkyl halides is 5. The molecule has 1 spiro atoms. The molecule has 0 aromatic heterocycles. The summed E-state index contributed by atoms with van der Waals surface area (Å²) in [4.78, 5) is 54.0. The van der Waals surface area contributed by atoms with E-state index in [1.54, 1.807) is 5.32 Å². The molecule has 3 aliphatic heterocycles. The van der Waals surface area contributed by atoms with Gasteiger partial charge in [0.2, 0.25) is 17.7 Å². The Morgan fingerprint density at radius 2 is 1.90 bits per heavy atom. The number of piperidine rings is 2. The number of hydrogen-bond acceptors (Lipinski definition) is 6. The maximum absolute atomic E-state index is 13.7. The number of nitrogens with one attached hydrogen (secondary N) is 2. The summed E-state index contributed by atoms with van der Waals surface area (Å²) in [6, 6.07) is -1.80. The van der Waals surface area contributed by atoms with E-state index in [1.807, 2.05) is 13.8 Å². The number of nitriles is 1. The van der Waals surface area contributed by atoms with Crippen LogP contribution in [0.4, 0.5) is 22.0 Å². The number of hydrogen-bond donors (Lipinski definition) is 2. The van der Waals surface area contributed by atoms with Crippen LogP contribution >= 0.6 is 0 Å². The minimum atomic E-state index is -5.33. The van der Waals surface area contributed by atoms with Crippen LogP contribution in [-0.2, 0) is 23.9 Å². The van der Waals surface area contributed by atoms with Crippen molar-refractivity contribution in [2.24, 2.45) is 17.3 Å². The number of nitrogens with zero attached hydrogens (tertiary/aromatic N) is 3. The second kappa shape index (κ2) is 9.50. The second-order valence-corrected chi connectivity index (χ2v) is 12.4. The van der Waals surface area contributed by atoms with Gasteiger partial charge in [0.15, 0.2) is 0 Å². The number of rotatable bonds is 8. The number of carbonyl (C=O) groups is 4. The van der Waals surface area contributed by atoms with Gasteiger partial charge in [-0.3, -0.25) is 19.2 Å². The van der Waals surface area contributed by atoms with Crippen LogP contribution in [0.2, 0.25) is 0 Å². The highest BCUT2D eigenvalue weighted by atomic mass is 19.4. The standard InChI is InChI=1S/C26H32F5N5O5/c1-12(41-15-8-24(27,28)9-15)17(34-22(40)26(29,30)31)20(38)35-11-16-23(2,3)25(16)18(35)21(39)36(25)14(10-32)7-13-5-4-6-33-19(13)37/h12-18H,4-9,11H2,1-3H3,(H,33,37)(H,34,40). The fraction of sp³-hybridized carbons (Fsp3) is 0.808. The Morgan fingerprint density at radius 3 is 2.46 bits per heavy atom. The molecule has 3 saturated heterocycles. The monoisotopic (exact) mass is 589 g/mol. The van der Waals surface area contributed by atoms with Crippen LogP contribution in [0, 0.1) is 28.6 Å². The van der Waals surface area contributed by atoms with E-state index in [0.717, 1.165) is 11.3 Å². The minimum Gasteiger partial charge on any atom is -0.372 e. The molecule has 2 N–H and O–H groups in total. The van der Waals surface area contributed by atoms with Gasteiger partial charge in [-0.1, -0.05) is 13.8 Å². The highest BCUT2D eigenvalue weighted by molar-refractivity contribution is 6.01. The SMILES string of the molecule is CC(OC1CC(F)(F)C1)C(NC(=O)C(F)(F)F)C(=O)N1CC2C(C)(C)C23C1C(=O)N3C(C#N)CC1CCCNC1=O. The van der Waals surface area contributed by atoms with Crippen LogP contribution in [0.3, 0.4) is 0 Å². The van der Waals surface area contributed by atoms with Crippen LogP contribution in [-0.4, -0.2) is 94.5 Å². The molecule has 226 valence electrons. The number of likely N-dealkylation sites (tertiary alicyclic amines) is 2. The van der Waals surface area contributed by atoms with E-state index >= 15 is 0 Å². The first-order valence-corrected chi connectivity index (χ1v) is 13.7. The molecule has 3 heterocycles. The molecule has 10 nitrogen and oxygen atoms in total. The maximum Gasteiger partial charge on any atom is 0.471 e. The summed E-state index contributed by atoms with van der Waals surface area (Å²) in [6.07, 6.45) is -7.67. The molecule has 5 rings (SSSR count). The number of amides is 4. The quantitative estimate of drug-likeness (QED) is 0.326. The molecular formula is C26H32F5N5O5. The van der Waals surface area contributed by atoms with Crippen molar-refractivity contribution >= 4 is 23.6 Å². The summed E-state index contributed by atoms with van der Waals surface area (Å²) in [6.45, 7) is 5.47. The summed E-state index contributed by atoms with van der Waals surface area (Å²) in [7, 11) is 0. The van der Waals surface area contributed by atoms with Crippen molar-refractivity contribution in [3.8, 4) is 6.07 Å². The van der Waals surface area contributed by atoms with Gasteiger partial charge in [-0.25, -0.2) is 8.78 Å². The molecule has 0 radical (unpaired) electrons. The predicted octanol–water partition coefficient (Wildman–Crippen LogP) is 1.49. The van der Waals surface area contributed by atoms with Gasteiger partial charge in [-0.2, -0.15) is 18.4 Å². The fourth-order valence-electron chi connectivity index (χ4n) is 7.55. The number of halogens is 5. The number of carbonyl (C=O) groups excluding carboxylic acids is 4. The average molecular weight is 590 g/mol. The summed E-state index contributed by atoms with van der Waals surface area (Å²) < 4.78 is 71.5. The Bertz CT molecular complexity index is 1200. The van der Waals surface area contributed by atoms with Crippen LogP contribution in [0.25, 0.3) is 0 Å². The van der Waals surface area contributed by atoms with E-state index in [4.69, 9.17) is 4.74 Å². The molecule has 0 aromatic carbocycles. The lowest BCUT2D eigenvalue weighted by atomic mass is 9.80. The fourth-order valence-corrected chi connectivity index (χ4v) is 7.55. The molecular weight excluding hydrogens is 557 g/mol. The van der Waals surface area contributed by atoms with E-state index in [9.17, 15) is 46.4 Å². The molecule has 7 unspecified atom stereocenters. The second-order valence-electron chi connectivity index (χ2n) is 12.4. The normalized spacial score (nSPS) is 33.7. The van der Waals surface area contributed by atoms with Crippen LogP contribution in [0.15, 0.2) is 0 Å². The van der Waals surface area contributed by atoms with Gasteiger partial charge < -0.3 is 25.2 Å². The van der Waals surface area contributed by atoms with Gasteiger partial charge in [-0.05, 0) is 31.6 Å². The van der Waals surface area contributed by atoms with E-state index in [2.05, 4.69) is 11.4 Å². The Hall–Kier alpha value is -3.02. The van der Waals surface area contributed by atoms with Crippen LogP contribution in [0.1, 0.15) is 52.9 Å². The zero-order valence-corrected chi connectivity index (χ0v) is 22.8. The number of ether oxygens (including phenoxy) is 1. The third-order valence-corrected chi connectivity index (χ3v) is 9.72. The molecule has 5 fully saturated rings. The zero-order valence-electron chi connectivity index (χ0n) is 22.8. The smallest absolute Gasteiger partial charge is 0.372 e. The van der Waals surface area contributed by atoms with Crippen molar-refractivity contribution in [3.05, 3.63) is 0 Å². The molecule has 4 amide bonds. The van der Waals surface area contributed by atoms with E-state index < -0.39 is 89.9 Å². The molecule has 15 heteroatoms. The Kier molecular flexibility index (Phi) is 6.83. The van der Waals surface area contributed by atoms with Gasteiger partial charge in [0.25, 0.3) is 5.92 Å². The summed E-state index contributed by atoms with van der Waals surface area (Å²) in [5.74, 6) is -7.92. The zero-order chi connectivity index (χ0) is 30.3. The van der Waals surface area contributed by atoms with Gasteiger partial charge in [-0.15, -0.1) is 0 Å². The Morgan fingerprint density at radius 1 is 1.24 bits per heavy atom. The molecule has 7 atom stereocenters. The first kappa shape index (κ1) is 29.5. The van der Waals surface area contributed by atoms with E-state index in [1.165, 1.54) is 11.8 Å². The molecule has 0 bridgehead atoms. The number of β-lactam (4-membered cyclic amide) rings is 1. The van der Waals surface area contributed by atoms with Gasteiger partial charge in [0, 0.05) is 37.8 Å². The average Bonchev–Trinajstić information content (AvgIpc) is 3.18. The first-order valence-electron chi connectivity index (χ1n) is 13.7. The third kappa shape index (κ3) is 4.44. The van der Waals surface area contributed by atoms with Gasteiger partial charge >= 0.3 is 12.1 Å². The Balaban J connectivity index is 1.37. The maximum atomic E-state index is 13.7. The molecule has 2 saturated carbocycles. The molecule has 41 heavy (non-hydrogen) atoms. The third-order valence-electron chi connectivity index (χ3n) is 9.72.